The van der Waals surface area contributed by atoms with Crippen LogP contribution in [0, 0.1) is 0 Å². The number of nitrogens with one attached hydrogen (secondary N) is 1. The fourth-order valence-electron chi connectivity index (χ4n) is 2.32. The molecule has 1 aromatic heterocycles. The van der Waals surface area contributed by atoms with Crippen molar-refractivity contribution in [1.82, 2.24) is 15.5 Å². The molecule has 140 valence electrons. The molecule has 3 rings (SSSR count). The van der Waals surface area contributed by atoms with Crippen LogP contribution >= 0.6 is 0 Å². The Hall–Kier alpha value is -3.20. The molecular weight excluding hydrogens is 363 g/mol. The molecule has 2 N–H and O–H groups in total. The highest BCUT2D eigenvalue weighted by molar-refractivity contribution is 5.94. The van der Waals surface area contributed by atoms with E-state index >= 15 is 0 Å². The highest BCUT2D eigenvalue weighted by Gasteiger charge is 2.30. The quantitative estimate of drug-likeness (QED) is 0.713. The summed E-state index contributed by atoms with van der Waals surface area (Å²) >= 11 is 0. The van der Waals surface area contributed by atoms with Gasteiger partial charge in [-0.1, -0.05) is 35.5 Å². The number of aromatic nitrogens is 2. The van der Waals surface area contributed by atoms with Gasteiger partial charge in [-0.3, -0.25) is 4.79 Å². The van der Waals surface area contributed by atoms with Crippen LogP contribution < -0.4 is 5.32 Å². The highest BCUT2D eigenvalue weighted by atomic mass is 19.4. The lowest BCUT2D eigenvalue weighted by molar-refractivity contribution is -0.137. The molecule has 27 heavy (non-hydrogen) atoms. The molecule has 1 heterocycles. The summed E-state index contributed by atoms with van der Waals surface area (Å²) in [6.45, 7) is -0.493. The molecule has 0 saturated carbocycles. The van der Waals surface area contributed by atoms with Crippen LogP contribution in [-0.4, -0.2) is 27.8 Å². The first kappa shape index (κ1) is 18.6. The van der Waals surface area contributed by atoms with Crippen LogP contribution in [0.4, 0.5) is 13.2 Å². The van der Waals surface area contributed by atoms with Gasteiger partial charge in [0.15, 0.2) is 0 Å². The van der Waals surface area contributed by atoms with Gasteiger partial charge >= 0.3 is 6.18 Å². The minimum Gasteiger partial charge on any atom is -0.394 e. The minimum atomic E-state index is -4.44. The number of hydrogen-bond acceptors (Lipinski definition) is 5. The predicted octanol–water partition coefficient (Wildman–Crippen LogP) is 3.22. The van der Waals surface area contributed by atoms with Gasteiger partial charge in [0.05, 0.1) is 12.2 Å². The molecule has 0 radical (unpaired) electrons. The van der Waals surface area contributed by atoms with Gasteiger partial charge < -0.3 is 14.9 Å². The number of aliphatic hydroxyl groups excluding tert-OH is 1. The Labute approximate surface area is 151 Å². The third kappa shape index (κ3) is 4.32. The smallest absolute Gasteiger partial charge is 0.394 e. The van der Waals surface area contributed by atoms with Gasteiger partial charge in [-0.25, -0.2) is 0 Å². The molecule has 0 saturated heterocycles. The van der Waals surface area contributed by atoms with Gasteiger partial charge in [0.25, 0.3) is 11.8 Å². The largest absolute Gasteiger partial charge is 0.416 e. The highest BCUT2D eigenvalue weighted by Crippen LogP contribution is 2.30. The molecular formula is C18H14F3N3O3. The Morgan fingerprint density at radius 1 is 1.11 bits per heavy atom. The summed E-state index contributed by atoms with van der Waals surface area (Å²) in [5.74, 6) is -0.452. The zero-order valence-electron chi connectivity index (χ0n) is 13.8. The SMILES string of the molecule is O=C(NC(CO)c1nc(-c2ccc(C(F)(F)F)cc2)no1)c1ccccc1. The number of carbonyl (C=O) groups is 1. The average molecular weight is 377 g/mol. The zero-order chi connectivity index (χ0) is 19.4. The van der Waals surface area contributed by atoms with Crippen molar-refractivity contribution in [2.75, 3.05) is 6.61 Å². The number of halogens is 3. The van der Waals surface area contributed by atoms with Gasteiger partial charge in [0, 0.05) is 11.1 Å². The van der Waals surface area contributed by atoms with Crippen LogP contribution in [0.1, 0.15) is 27.9 Å². The number of aliphatic hydroxyl groups is 1. The van der Waals surface area contributed by atoms with Crippen molar-refractivity contribution in [2.45, 2.75) is 12.2 Å². The summed E-state index contributed by atoms with van der Waals surface area (Å²) < 4.78 is 42.9. The third-order valence-corrected chi connectivity index (χ3v) is 3.73. The second-order valence-electron chi connectivity index (χ2n) is 5.61. The van der Waals surface area contributed by atoms with Gasteiger partial charge in [-0.15, -0.1) is 0 Å². The topological polar surface area (TPSA) is 88.2 Å². The van der Waals surface area contributed by atoms with E-state index in [0.717, 1.165) is 12.1 Å². The summed E-state index contributed by atoms with van der Waals surface area (Å²) in [7, 11) is 0. The fraction of sp³-hybridized carbons (Fsp3) is 0.167. The second-order valence-corrected chi connectivity index (χ2v) is 5.61. The van der Waals surface area contributed by atoms with Crippen molar-refractivity contribution in [2.24, 2.45) is 0 Å². The van der Waals surface area contributed by atoms with Crippen LogP contribution in [0.3, 0.4) is 0 Å². The van der Waals surface area contributed by atoms with E-state index in [0.29, 0.717) is 11.1 Å². The number of hydrogen-bond donors (Lipinski definition) is 2. The fourth-order valence-corrected chi connectivity index (χ4v) is 2.32. The minimum absolute atomic E-state index is 0.0473. The first-order valence-corrected chi connectivity index (χ1v) is 7.86. The maximum atomic E-state index is 12.6. The van der Waals surface area contributed by atoms with E-state index < -0.39 is 30.3 Å². The maximum Gasteiger partial charge on any atom is 0.416 e. The summed E-state index contributed by atoms with van der Waals surface area (Å²) in [5, 5.41) is 15.8. The molecule has 6 nitrogen and oxygen atoms in total. The monoisotopic (exact) mass is 377 g/mol. The average Bonchev–Trinajstić information content (AvgIpc) is 3.16. The van der Waals surface area contributed by atoms with Gasteiger partial charge in [-0.2, -0.15) is 18.2 Å². The van der Waals surface area contributed by atoms with Gasteiger partial charge in [0.2, 0.25) is 5.82 Å². The van der Waals surface area contributed by atoms with Crippen molar-refractivity contribution in [3.8, 4) is 11.4 Å². The molecule has 0 bridgehead atoms. The molecule has 3 aromatic rings. The molecule has 0 aliphatic rings. The Balaban J connectivity index is 1.76. The van der Waals surface area contributed by atoms with Gasteiger partial charge in [0.1, 0.15) is 6.04 Å². The number of carbonyl (C=O) groups excluding carboxylic acids is 1. The molecule has 2 aromatic carbocycles. The third-order valence-electron chi connectivity index (χ3n) is 3.73. The molecule has 0 spiro atoms. The molecule has 0 fully saturated rings. The lowest BCUT2D eigenvalue weighted by Crippen LogP contribution is -2.31. The normalized spacial score (nSPS) is 12.6. The molecule has 1 atom stereocenters. The van der Waals surface area contributed by atoms with Gasteiger partial charge in [-0.05, 0) is 24.3 Å². The number of nitrogens with zero attached hydrogens (tertiary/aromatic N) is 2. The summed E-state index contributed by atoms with van der Waals surface area (Å²) in [6.07, 6.45) is -4.44. The molecule has 9 heteroatoms. The number of benzene rings is 2. The summed E-state index contributed by atoms with van der Waals surface area (Å²) in [6, 6.07) is 11.6. The predicted molar refractivity (Wildman–Crippen MR) is 88.5 cm³/mol. The number of amides is 1. The van der Waals surface area contributed by atoms with Crippen molar-refractivity contribution in [3.63, 3.8) is 0 Å². The Kier molecular flexibility index (Phi) is 5.22. The Morgan fingerprint density at radius 2 is 1.78 bits per heavy atom. The Morgan fingerprint density at radius 3 is 2.37 bits per heavy atom. The lowest BCUT2D eigenvalue weighted by atomic mass is 10.1. The van der Waals surface area contributed by atoms with Crippen LogP contribution in [-0.2, 0) is 6.18 Å². The molecule has 1 amide bonds. The van der Waals surface area contributed by atoms with E-state index in [9.17, 15) is 23.1 Å². The van der Waals surface area contributed by atoms with Crippen molar-refractivity contribution < 1.29 is 27.6 Å². The van der Waals surface area contributed by atoms with Crippen LogP contribution in [0.2, 0.25) is 0 Å². The first-order valence-electron chi connectivity index (χ1n) is 7.86. The second kappa shape index (κ2) is 7.58. The number of rotatable bonds is 5. The van der Waals surface area contributed by atoms with Crippen LogP contribution in [0.5, 0.6) is 0 Å². The van der Waals surface area contributed by atoms with E-state index in [-0.39, 0.29) is 11.7 Å². The van der Waals surface area contributed by atoms with E-state index in [1.807, 2.05) is 0 Å². The molecule has 0 aliphatic carbocycles. The number of alkyl halides is 3. The standard InChI is InChI=1S/C18H14F3N3O3/c19-18(20,21)13-8-6-11(7-9-13)15-23-17(27-24-15)14(10-25)22-16(26)12-4-2-1-3-5-12/h1-9,14,25H,10H2,(H,22,26). The molecule has 1 unspecified atom stereocenters. The van der Waals surface area contributed by atoms with Crippen LogP contribution in [0.15, 0.2) is 59.1 Å². The van der Waals surface area contributed by atoms with Crippen LogP contribution in [0.25, 0.3) is 11.4 Å². The van der Waals surface area contributed by atoms with Crippen molar-refractivity contribution in [1.29, 1.82) is 0 Å². The first-order chi connectivity index (χ1) is 12.9. The molecule has 0 aliphatic heterocycles. The lowest BCUT2D eigenvalue weighted by Gasteiger charge is -2.11. The van der Waals surface area contributed by atoms with Crippen molar-refractivity contribution >= 4 is 5.91 Å². The zero-order valence-corrected chi connectivity index (χ0v) is 13.8. The van der Waals surface area contributed by atoms with E-state index in [4.69, 9.17) is 4.52 Å². The van der Waals surface area contributed by atoms with E-state index in [1.54, 1.807) is 30.3 Å². The summed E-state index contributed by atoms with van der Waals surface area (Å²) in [5.41, 5.74) is -0.0965. The van der Waals surface area contributed by atoms with Crippen molar-refractivity contribution in [3.05, 3.63) is 71.6 Å². The maximum absolute atomic E-state index is 12.6. The van der Waals surface area contributed by atoms with E-state index in [2.05, 4.69) is 15.5 Å². The van der Waals surface area contributed by atoms with E-state index in [1.165, 1.54) is 12.1 Å². The summed E-state index contributed by atoms with van der Waals surface area (Å²) in [4.78, 5) is 16.2. The Bertz CT molecular complexity index is 909.